The lowest BCUT2D eigenvalue weighted by molar-refractivity contribution is 0.102. The van der Waals surface area contributed by atoms with Gasteiger partial charge in [0.2, 0.25) is 0 Å². The number of nitrogens with one attached hydrogen (secondary N) is 1. The van der Waals surface area contributed by atoms with Crippen LogP contribution in [0.4, 0.5) is 10.1 Å². The summed E-state index contributed by atoms with van der Waals surface area (Å²) in [5.41, 5.74) is 0.831. The van der Waals surface area contributed by atoms with Gasteiger partial charge in [0.25, 0.3) is 5.91 Å². The summed E-state index contributed by atoms with van der Waals surface area (Å²) in [6.07, 6.45) is 0. The highest BCUT2D eigenvalue weighted by molar-refractivity contribution is 9.10. The quantitative estimate of drug-likeness (QED) is 0.881. The molecule has 0 aliphatic heterocycles. The SMILES string of the molecule is Cc1c(O)cccc1C(=O)Nc1c(F)cccc1Br. The zero-order chi connectivity index (χ0) is 14.0. The summed E-state index contributed by atoms with van der Waals surface area (Å²) in [7, 11) is 0. The molecule has 2 rings (SSSR count). The number of rotatable bonds is 2. The number of hydrogen-bond donors (Lipinski definition) is 2. The Morgan fingerprint density at radius 1 is 1.26 bits per heavy atom. The van der Waals surface area contributed by atoms with E-state index in [1.807, 2.05) is 0 Å². The van der Waals surface area contributed by atoms with Gasteiger partial charge < -0.3 is 10.4 Å². The molecule has 0 unspecified atom stereocenters. The Balaban J connectivity index is 2.34. The maximum absolute atomic E-state index is 13.6. The molecule has 0 aliphatic rings. The van der Waals surface area contributed by atoms with Gasteiger partial charge in [-0.05, 0) is 47.1 Å². The number of para-hydroxylation sites is 1. The Labute approximate surface area is 118 Å². The molecule has 0 spiro atoms. The maximum atomic E-state index is 13.6. The topological polar surface area (TPSA) is 49.3 Å². The lowest BCUT2D eigenvalue weighted by Crippen LogP contribution is -2.14. The number of benzene rings is 2. The van der Waals surface area contributed by atoms with Crippen molar-refractivity contribution in [3.05, 3.63) is 57.8 Å². The highest BCUT2D eigenvalue weighted by Gasteiger charge is 2.15. The number of hydrogen-bond acceptors (Lipinski definition) is 2. The van der Waals surface area contributed by atoms with E-state index in [9.17, 15) is 14.3 Å². The second-order valence-electron chi connectivity index (χ2n) is 4.00. The zero-order valence-corrected chi connectivity index (χ0v) is 11.7. The number of carbonyl (C=O) groups excluding carboxylic acids is 1. The fourth-order valence-corrected chi connectivity index (χ4v) is 2.11. The van der Waals surface area contributed by atoms with Gasteiger partial charge in [-0.1, -0.05) is 12.1 Å². The van der Waals surface area contributed by atoms with Crippen LogP contribution in [0.25, 0.3) is 0 Å². The van der Waals surface area contributed by atoms with Crippen LogP contribution in [0.5, 0.6) is 5.75 Å². The molecule has 0 saturated carbocycles. The van der Waals surface area contributed by atoms with Crippen molar-refractivity contribution in [1.29, 1.82) is 0 Å². The lowest BCUT2D eigenvalue weighted by Gasteiger charge is -2.10. The van der Waals surface area contributed by atoms with Crippen LogP contribution >= 0.6 is 15.9 Å². The maximum Gasteiger partial charge on any atom is 0.256 e. The largest absolute Gasteiger partial charge is 0.508 e. The van der Waals surface area contributed by atoms with Crippen molar-refractivity contribution in [3.8, 4) is 5.75 Å². The number of carbonyl (C=O) groups is 1. The fourth-order valence-electron chi connectivity index (χ4n) is 1.67. The third kappa shape index (κ3) is 2.76. The summed E-state index contributed by atoms with van der Waals surface area (Å²) in [6.45, 7) is 1.63. The summed E-state index contributed by atoms with van der Waals surface area (Å²) in [4.78, 5) is 12.1. The van der Waals surface area contributed by atoms with E-state index in [2.05, 4.69) is 21.2 Å². The van der Waals surface area contributed by atoms with E-state index in [1.165, 1.54) is 18.2 Å². The number of anilines is 1. The minimum Gasteiger partial charge on any atom is -0.508 e. The van der Waals surface area contributed by atoms with Gasteiger partial charge in [0.15, 0.2) is 0 Å². The summed E-state index contributed by atoms with van der Waals surface area (Å²) < 4.78 is 14.1. The van der Waals surface area contributed by atoms with E-state index in [0.29, 0.717) is 15.6 Å². The highest BCUT2D eigenvalue weighted by Crippen LogP contribution is 2.27. The molecule has 5 heteroatoms. The van der Waals surface area contributed by atoms with E-state index in [4.69, 9.17) is 0 Å². The lowest BCUT2D eigenvalue weighted by atomic mass is 10.1. The predicted molar refractivity (Wildman–Crippen MR) is 74.9 cm³/mol. The van der Waals surface area contributed by atoms with Gasteiger partial charge in [-0.15, -0.1) is 0 Å². The Hall–Kier alpha value is -1.88. The fraction of sp³-hybridized carbons (Fsp3) is 0.0714. The molecule has 2 N–H and O–H groups in total. The van der Waals surface area contributed by atoms with Crippen molar-refractivity contribution >= 4 is 27.5 Å². The van der Waals surface area contributed by atoms with Crippen LogP contribution < -0.4 is 5.32 Å². The van der Waals surface area contributed by atoms with Gasteiger partial charge in [0, 0.05) is 15.6 Å². The monoisotopic (exact) mass is 323 g/mol. The number of aromatic hydroxyl groups is 1. The van der Waals surface area contributed by atoms with Crippen molar-refractivity contribution in [2.24, 2.45) is 0 Å². The van der Waals surface area contributed by atoms with Crippen LogP contribution in [0.1, 0.15) is 15.9 Å². The number of phenolic OH excluding ortho intramolecular Hbond substituents is 1. The molecule has 0 fully saturated rings. The molecule has 0 aliphatic carbocycles. The van der Waals surface area contributed by atoms with Crippen molar-refractivity contribution in [2.75, 3.05) is 5.32 Å². The van der Waals surface area contributed by atoms with Gasteiger partial charge >= 0.3 is 0 Å². The van der Waals surface area contributed by atoms with Crippen LogP contribution in [0.3, 0.4) is 0 Å². The minimum absolute atomic E-state index is 0.0280. The molecule has 1 amide bonds. The van der Waals surface area contributed by atoms with Crippen molar-refractivity contribution in [3.63, 3.8) is 0 Å². The minimum atomic E-state index is -0.527. The smallest absolute Gasteiger partial charge is 0.256 e. The first-order valence-electron chi connectivity index (χ1n) is 5.54. The molecule has 0 atom stereocenters. The zero-order valence-electron chi connectivity index (χ0n) is 10.1. The Morgan fingerprint density at radius 3 is 2.63 bits per heavy atom. The van der Waals surface area contributed by atoms with Crippen LogP contribution in [-0.4, -0.2) is 11.0 Å². The van der Waals surface area contributed by atoms with Crippen LogP contribution in [-0.2, 0) is 0 Å². The molecule has 0 saturated heterocycles. The number of amides is 1. The molecule has 0 radical (unpaired) electrons. The first kappa shape index (κ1) is 13.5. The molecule has 19 heavy (non-hydrogen) atoms. The molecular weight excluding hydrogens is 313 g/mol. The van der Waals surface area contributed by atoms with Crippen LogP contribution in [0.2, 0.25) is 0 Å². The normalized spacial score (nSPS) is 10.3. The van der Waals surface area contributed by atoms with E-state index in [0.717, 1.165) is 0 Å². The van der Waals surface area contributed by atoms with Gasteiger partial charge in [-0.3, -0.25) is 4.79 Å². The van der Waals surface area contributed by atoms with E-state index < -0.39 is 11.7 Å². The highest BCUT2D eigenvalue weighted by atomic mass is 79.9. The van der Waals surface area contributed by atoms with Gasteiger partial charge in [-0.2, -0.15) is 0 Å². The second-order valence-corrected chi connectivity index (χ2v) is 4.85. The summed E-state index contributed by atoms with van der Waals surface area (Å²) >= 11 is 3.18. The van der Waals surface area contributed by atoms with E-state index in [-0.39, 0.29) is 11.4 Å². The first-order chi connectivity index (χ1) is 9.00. The molecular formula is C14H11BrFNO2. The third-order valence-electron chi connectivity index (χ3n) is 2.75. The number of halogens is 2. The molecule has 0 bridgehead atoms. The van der Waals surface area contributed by atoms with E-state index >= 15 is 0 Å². The summed E-state index contributed by atoms with van der Waals surface area (Å²) in [6, 6.07) is 9.05. The van der Waals surface area contributed by atoms with Crippen LogP contribution in [0, 0.1) is 12.7 Å². The average Bonchev–Trinajstić information content (AvgIpc) is 2.37. The molecule has 0 heterocycles. The molecule has 2 aromatic rings. The Bertz CT molecular complexity index is 623. The van der Waals surface area contributed by atoms with Crippen LogP contribution in [0.15, 0.2) is 40.9 Å². The number of phenols is 1. The first-order valence-corrected chi connectivity index (χ1v) is 6.34. The Kier molecular flexibility index (Phi) is 3.85. The van der Waals surface area contributed by atoms with Crippen molar-refractivity contribution < 1.29 is 14.3 Å². The second kappa shape index (κ2) is 5.40. The molecule has 3 nitrogen and oxygen atoms in total. The summed E-state index contributed by atoms with van der Waals surface area (Å²) in [5.74, 6) is -0.972. The predicted octanol–water partition coefficient (Wildman–Crippen LogP) is 3.85. The van der Waals surface area contributed by atoms with Gasteiger partial charge in [0.05, 0.1) is 5.69 Å². The van der Waals surface area contributed by atoms with Crippen molar-refractivity contribution in [1.82, 2.24) is 0 Å². The average molecular weight is 324 g/mol. The van der Waals surface area contributed by atoms with Gasteiger partial charge in [0.1, 0.15) is 11.6 Å². The summed E-state index contributed by atoms with van der Waals surface area (Å²) in [5, 5.41) is 12.1. The third-order valence-corrected chi connectivity index (χ3v) is 3.41. The Morgan fingerprint density at radius 2 is 1.95 bits per heavy atom. The van der Waals surface area contributed by atoms with Gasteiger partial charge in [-0.25, -0.2) is 4.39 Å². The van der Waals surface area contributed by atoms with Crippen molar-refractivity contribution in [2.45, 2.75) is 6.92 Å². The molecule has 98 valence electrons. The van der Waals surface area contributed by atoms with E-state index in [1.54, 1.807) is 25.1 Å². The standard InChI is InChI=1S/C14H11BrFNO2/c1-8-9(4-2-7-12(8)18)14(19)17-13-10(15)5-3-6-11(13)16/h2-7,18H,1H3,(H,17,19). The molecule has 0 aromatic heterocycles. The molecule has 2 aromatic carbocycles.